The van der Waals surface area contributed by atoms with Gasteiger partial charge in [-0.1, -0.05) is 0 Å². The highest BCUT2D eigenvalue weighted by Gasteiger charge is 2.52. The maximum atomic E-state index is 12.9. The third-order valence-corrected chi connectivity index (χ3v) is 6.80. The highest BCUT2D eigenvalue weighted by Crippen LogP contribution is 2.53. The Labute approximate surface area is 153 Å². The third kappa shape index (κ3) is 3.08. The van der Waals surface area contributed by atoms with Gasteiger partial charge < -0.3 is 19.8 Å². The second kappa shape index (κ2) is 6.65. The lowest BCUT2D eigenvalue weighted by molar-refractivity contribution is -0.167. The van der Waals surface area contributed by atoms with E-state index in [4.69, 9.17) is 4.74 Å². The first kappa shape index (κ1) is 18.0. The number of amides is 2. The maximum absolute atomic E-state index is 12.9. The van der Waals surface area contributed by atoms with Gasteiger partial charge in [-0.25, -0.2) is 4.79 Å². The van der Waals surface area contributed by atoms with E-state index in [1.807, 2.05) is 0 Å². The summed E-state index contributed by atoms with van der Waals surface area (Å²) in [4.78, 5) is 29.6. The van der Waals surface area contributed by atoms with Crippen LogP contribution < -0.4 is 0 Å². The van der Waals surface area contributed by atoms with Crippen molar-refractivity contribution < 1.29 is 24.5 Å². The normalized spacial score (nSPS) is 37.4. The lowest BCUT2D eigenvalue weighted by Gasteiger charge is -2.47. The second-order valence-electron chi connectivity index (χ2n) is 8.37. The quantitative estimate of drug-likeness (QED) is 0.740. The van der Waals surface area contributed by atoms with Gasteiger partial charge in [-0.3, -0.25) is 14.6 Å². The van der Waals surface area contributed by atoms with Crippen molar-refractivity contribution in [2.24, 2.45) is 5.41 Å². The molecule has 0 bridgehead atoms. The number of piperidine rings is 1. The van der Waals surface area contributed by atoms with Gasteiger partial charge in [0.2, 0.25) is 5.91 Å². The number of β-amino-alcohol motifs (C(OH)–C–C–N with tert-alkyl or cyclic N) is 1. The fraction of sp³-hybridized carbons (Fsp3) is 0.889. The number of ether oxygens (including phenoxy) is 1. The highest BCUT2D eigenvalue weighted by atomic mass is 16.5. The number of likely N-dealkylation sites (tertiary alicyclic amines) is 1. The fourth-order valence-electron chi connectivity index (χ4n) is 4.84. The number of hydrogen-bond acceptors (Lipinski definition) is 5. The van der Waals surface area contributed by atoms with Crippen LogP contribution >= 0.6 is 0 Å². The minimum Gasteiger partial charge on any atom is -0.465 e. The first-order chi connectivity index (χ1) is 12.4. The number of nitrogens with zero attached hydrogens (tertiary/aromatic N) is 3. The van der Waals surface area contributed by atoms with Crippen molar-refractivity contribution in [2.75, 3.05) is 32.8 Å². The Kier molecular flexibility index (Phi) is 4.61. The van der Waals surface area contributed by atoms with E-state index in [-0.39, 0.29) is 30.0 Å². The van der Waals surface area contributed by atoms with Gasteiger partial charge in [-0.15, -0.1) is 0 Å². The summed E-state index contributed by atoms with van der Waals surface area (Å²) in [6, 6.07) is -0.677. The summed E-state index contributed by atoms with van der Waals surface area (Å²) in [5, 5.41) is 19.8. The molecule has 3 aliphatic heterocycles. The summed E-state index contributed by atoms with van der Waals surface area (Å²) in [6.07, 6.45) is 3.14. The van der Waals surface area contributed by atoms with Gasteiger partial charge in [-0.2, -0.15) is 0 Å². The van der Waals surface area contributed by atoms with Crippen LogP contribution in [0.1, 0.15) is 39.0 Å². The van der Waals surface area contributed by atoms with Gasteiger partial charge in [-0.05, 0) is 51.0 Å². The van der Waals surface area contributed by atoms with Gasteiger partial charge in [0.05, 0.1) is 12.6 Å². The number of aliphatic hydroxyl groups excluding tert-OH is 1. The Morgan fingerprint density at radius 3 is 2.73 bits per heavy atom. The number of rotatable bonds is 2. The zero-order valence-electron chi connectivity index (χ0n) is 15.3. The van der Waals surface area contributed by atoms with E-state index in [1.165, 1.54) is 4.90 Å². The van der Waals surface area contributed by atoms with Crippen LogP contribution in [-0.2, 0) is 9.53 Å². The molecule has 4 aliphatic rings. The molecule has 4 rings (SSSR count). The number of carbonyl (C=O) groups is 2. The Morgan fingerprint density at radius 2 is 2.08 bits per heavy atom. The molecule has 1 saturated carbocycles. The third-order valence-electron chi connectivity index (χ3n) is 6.80. The molecule has 2 amide bonds. The molecule has 3 saturated heterocycles. The fourth-order valence-corrected chi connectivity index (χ4v) is 4.84. The Bertz CT molecular complexity index is 581. The smallest absolute Gasteiger partial charge is 0.408 e. The van der Waals surface area contributed by atoms with E-state index < -0.39 is 18.4 Å². The summed E-state index contributed by atoms with van der Waals surface area (Å²) in [6.45, 7) is 4.73. The van der Waals surface area contributed by atoms with Gasteiger partial charge in [0.1, 0.15) is 6.04 Å². The van der Waals surface area contributed by atoms with Gasteiger partial charge in [0.15, 0.2) is 6.23 Å². The van der Waals surface area contributed by atoms with Gasteiger partial charge in [0, 0.05) is 25.7 Å². The minimum absolute atomic E-state index is 0.00819. The van der Waals surface area contributed by atoms with Crippen LogP contribution in [0.4, 0.5) is 4.79 Å². The predicted molar refractivity (Wildman–Crippen MR) is 92.5 cm³/mol. The number of fused-ring (bicyclic) bond motifs is 1. The van der Waals surface area contributed by atoms with E-state index in [9.17, 15) is 19.8 Å². The first-order valence-corrected chi connectivity index (χ1v) is 9.75. The minimum atomic E-state index is -1.08. The van der Waals surface area contributed by atoms with E-state index >= 15 is 0 Å². The zero-order valence-corrected chi connectivity index (χ0v) is 15.3. The van der Waals surface area contributed by atoms with E-state index in [2.05, 4.69) is 4.90 Å². The van der Waals surface area contributed by atoms with Gasteiger partial charge >= 0.3 is 6.09 Å². The SMILES string of the molecule is C[C@H]1C(=O)N2C(CN1C(=O)O)OCCC[C@H]2CN1CCC2(CC2)[C@H](O)C1. The highest BCUT2D eigenvalue weighted by molar-refractivity contribution is 5.86. The summed E-state index contributed by atoms with van der Waals surface area (Å²) in [5.74, 6) is -0.174. The molecule has 1 spiro atoms. The first-order valence-electron chi connectivity index (χ1n) is 9.75. The maximum Gasteiger partial charge on any atom is 0.408 e. The molecule has 1 aliphatic carbocycles. The molecule has 146 valence electrons. The molecular formula is C18H29N3O5. The molecule has 0 aromatic carbocycles. The van der Waals surface area contributed by atoms with Crippen molar-refractivity contribution in [1.29, 1.82) is 0 Å². The van der Waals surface area contributed by atoms with Crippen molar-refractivity contribution >= 4 is 12.0 Å². The molecule has 0 aromatic rings. The number of piperazine rings is 1. The average molecular weight is 367 g/mol. The molecule has 8 heteroatoms. The average Bonchev–Trinajstić information content (AvgIpc) is 3.39. The van der Waals surface area contributed by atoms with Crippen LogP contribution in [0.25, 0.3) is 0 Å². The zero-order chi connectivity index (χ0) is 18.5. The Morgan fingerprint density at radius 1 is 1.31 bits per heavy atom. The topological polar surface area (TPSA) is 93.6 Å². The van der Waals surface area contributed by atoms with Crippen LogP contribution in [-0.4, -0.2) is 94.1 Å². The van der Waals surface area contributed by atoms with Crippen LogP contribution in [0.5, 0.6) is 0 Å². The number of hydrogen-bond donors (Lipinski definition) is 2. The van der Waals surface area contributed by atoms with Crippen LogP contribution in [0.2, 0.25) is 0 Å². The van der Waals surface area contributed by atoms with Crippen LogP contribution in [0.15, 0.2) is 0 Å². The second-order valence-corrected chi connectivity index (χ2v) is 8.37. The number of carbonyl (C=O) groups excluding carboxylic acids is 1. The Hall–Kier alpha value is -1.38. The molecule has 2 N–H and O–H groups in total. The monoisotopic (exact) mass is 367 g/mol. The number of carboxylic acid groups (broad SMARTS) is 1. The largest absolute Gasteiger partial charge is 0.465 e. The van der Waals surface area contributed by atoms with E-state index in [0.29, 0.717) is 13.2 Å². The van der Waals surface area contributed by atoms with Crippen molar-refractivity contribution in [1.82, 2.24) is 14.7 Å². The number of aliphatic hydroxyl groups is 1. The summed E-state index contributed by atoms with van der Waals surface area (Å²) < 4.78 is 5.82. The lowest BCUT2D eigenvalue weighted by atomic mass is 9.90. The van der Waals surface area contributed by atoms with Crippen molar-refractivity contribution in [3.63, 3.8) is 0 Å². The standard InChI is InChI=1S/C18H29N3O5/c1-12-16(23)21-13(3-2-8-26-15(21)11-20(12)17(24)25)9-19-7-6-18(4-5-18)14(22)10-19/h12-15,22H,2-11H2,1H3,(H,24,25)/t12-,13-,14+,15?/m0/s1. The molecule has 4 atom stereocenters. The van der Waals surface area contributed by atoms with E-state index in [1.54, 1.807) is 11.8 Å². The molecule has 0 aromatic heterocycles. The molecule has 0 radical (unpaired) electrons. The molecule has 8 nitrogen and oxygen atoms in total. The lowest BCUT2D eigenvalue weighted by Crippen LogP contribution is -2.66. The summed E-state index contributed by atoms with van der Waals surface area (Å²) in [7, 11) is 0. The molecule has 1 unspecified atom stereocenters. The molecular weight excluding hydrogens is 338 g/mol. The summed E-state index contributed by atoms with van der Waals surface area (Å²) in [5.41, 5.74) is 0.170. The predicted octanol–water partition coefficient (Wildman–Crippen LogP) is 0.549. The van der Waals surface area contributed by atoms with Crippen LogP contribution in [0.3, 0.4) is 0 Å². The van der Waals surface area contributed by atoms with Crippen molar-refractivity contribution in [3.8, 4) is 0 Å². The van der Waals surface area contributed by atoms with Crippen LogP contribution in [0, 0.1) is 5.41 Å². The summed E-state index contributed by atoms with van der Waals surface area (Å²) >= 11 is 0. The molecule has 3 heterocycles. The van der Waals surface area contributed by atoms with Gasteiger partial charge in [0.25, 0.3) is 0 Å². The Balaban J connectivity index is 1.47. The molecule has 4 fully saturated rings. The molecule has 26 heavy (non-hydrogen) atoms. The van der Waals surface area contributed by atoms with Crippen molar-refractivity contribution in [2.45, 2.75) is 63.4 Å². The van der Waals surface area contributed by atoms with Crippen molar-refractivity contribution in [3.05, 3.63) is 0 Å². The van der Waals surface area contributed by atoms with E-state index in [0.717, 1.165) is 45.2 Å².